The van der Waals surface area contributed by atoms with Gasteiger partial charge < -0.3 is 9.26 Å². The summed E-state index contributed by atoms with van der Waals surface area (Å²) < 4.78 is 12.1. The van der Waals surface area contributed by atoms with Gasteiger partial charge in [0.2, 0.25) is 5.69 Å². The lowest BCUT2D eigenvalue weighted by Gasteiger charge is -2.10. The molecule has 2 aromatic heterocycles. The molecular formula is C20H20N4O4S. The quantitative estimate of drug-likeness (QED) is 0.330. The van der Waals surface area contributed by atoms with Crippen LogP contribution in [0.4, 0.5) is 0 Å². The van der Waals surface area contributed by atoms with Gasteiger partial charge in [-0.3, -0.25) is 4.79 Å². The summed E-state index contributed by atoms with van der Waals surface area (Å²) in [7, 11) is 0. The molecule has 2 heterocycles. The molecule has 0 atom stereocenters. The molecule has 0 spiro atoms. The molecule has 0 aliphatic heterocycles. The van der Waals surface area contributed by atoms with Crippen LogP contribution in [0.3, 0.4) is 0 Å². The Morgan fingerprint density at radius 2 is 2.14 bits per heavy atom. The average Bonchev–Trinajstić information content (AvgIpc) is 3.32. The van der Waals surface area contributed by atoms with Gasteiger partial charge in [0.15, 0.2) is 11.5 Å². The first-order valence-corrected chi connectivity index (χ1v) is 10.5. The minimum Gasteiger partial charge on any atom is -0.461 e. The third-order valence-electron chi connectivity index (χ3n) is 4.66. The first kappa shape index (κ1) is 19.4. The van der Waals surface area contributed by atoms with Crippen molar-refractivity contribution in [1.82, 2.24) is 19.9 Å². The minimum absolute atomic E-state index is 0.0539. The lowest BCUT2D eigenvalue weighted by atomic mass is 9.99. The highest BCUT2D eigenvalue weighted by Crippen LogP contribution is 2.43. The lowest BCUT2D eigenvalue weighted by Crippen LogP contribution is -2.14. The van der Waals surface area contributed by atoms with Crippen molar-refractivity contribution in [3.63, 3.8) is 0 Å². The molecular weight excluding hydrogens is 392 g/mol. The van der Waals surface area contributed by atoms with Crippen LogP contribution in [0, 0.1) is 6.92 Å². The maximum atomic E-state index is 13.5. The van der Waals surface area contributed by atoms with Crippen LogP contribution in [0.15, 0.2) is 33.9 Å². The van der Waals surface area contributed by atoms with Gasteiger partial charge in [-0.15, -0.1) is 11.8 Å². The first-order valence-electron chi connectivity index (χ1n) is 9.31. The number of hydrogen-bond donors (Lipinski definition) is 0. The van der Waals surface area contributed by atoms with E-state index in [1.54, 1.807) is 30.1 Å². The second-order valence-electron chi connectivity index (χ2n) is 6.72. The molecule has 0 amide bonds. The highest BCUT2D eigenvalue weighted by molar-refractivity contribution is 7.98. The Morgan fingerprint density at radius 1 is 1.34 bits per heavy atom. The fraction of sp³-hybridized carbons (Fsp3) is 0.350. The number of hydrogen-bond acceptors (Lipinski definition) is 8. The molecule has 0 N–H and O–H groups in total. The van der Waals surface area contributed by atoms with E-state index >= 15 is 0 Å². The van der Waals surface area contributed by atoms with Gasteiger partial charge in [-0.1, -0.05) is 5.16 Å². The zero-order valence-electron chi connectivity index (χ0n) is 16.3. The number of aryl methyl sites for hydroxylation is 1. The maximum Gasteiger partial charge on any atom is 0.361 e. The monoisotopic (exact) mass is 412 g/mol. The summed E-state index contributed by atoms with van der Waals surface area (Å²) in [5.41, 5.74) is 1.44. The summed E-state index contributed by atoms with van der Waals surface area (Å²) in [6, 6.07) is 5.41. The fourth-order valence-corrected chi connectivity index (χ4v) is 3.72. The van der Waals surface area contributed by atoms with Crippen molar-refractivity contribution in [2.24, 2.45) is 0 Å². The molecule has 9 heteroatoms. The van der Waals surface area contributed by atoms with E-state index in [0.29, 0.717) is 17.1 Å². The summed E-state index contributed by atoms with van der Waals surface area (Å²) in [6.45, 7) is 3.71. The molecule has 0 saturated heterocycles. The number of ketones is 1. The topological polar surface area (TPSA) is 100 Å². The van der Waals surface area contributed by atoms with E-state index in [0.717, 1.165) is 23.4 Å². The Labute approximate surface area is 171 Å². The van der Waals surface area contributed by atoms with Crippen LogP contribution in [0.25, 0.3) is 5.69 Å². The van der Waals surface area contributed by atoms with E-state index in [9.17, 15) is 9.59 Å². The molecule has 4 rings (SSSR count). The molecule has 29 heavy (non-hydrogen) atoms. The second kappa shape index (κ2) is 7.82. The largest absolute Gasteiger partial charge is 0.461 e. The van der Waals surface area contributed by atoms with Crippen LogP contribution in [0.1, 0.15) is 63.7 Å². The highest BCUT2D eigenvalue weighted by atomic mass is 32.2. The highest BCUT2D eigenvalue weighted by Gasteiger charge is 2.38. The van der Waals surface area contributed by atoms with Gasteiger partial charge in [-0.2, -0.15) is 5.10 Å². The van der Waals surface area contributed by atoms with E-state index in [4.69, 9.17) is 9.26 Å². The Balaban J connectivity index is 1.76. The zero-order chi connectivity index (χ0) is 20.5. The van der Waals surface area contributed by atoms with Crippen molar-refractivity contribution in [3.05, 3.63) is 52.9 Å². The summed E-state index contributed by atoms with van der Waals surface area (Å²) in [4.78, 5) is 30.7. The standard InChI is InChI=1S/C20H20N4O4S/c1-4-27-20(26)17-16(19(28-23-17)12-5-6-12)18(25)14-8-7-13(9-15(14)29-3)24-10-21-11(2)22-24/h7-10,12H,4-6H2,1-3H3. The fourth-order valence-electron chi connectivity index (χ4n) is 3.10. The Hall–Kier alpha value is -2.94. The van der Waals surface area contributed by atoms with Crippen molar-refractivity contribution in [2.75, 3.05) is 12.9 Å². The van der Waals surface area contributed by atoms with E-state index in [2.05, 4.69) is 15.2 Å². The zero-order valence-corrected chi connectivity index (χ0v) is 17.2. The summed E-state index contributed by atoms with van der Waals surface area (Å²) in [5.74, 6) is 0.322. The summed E-state index contributed by atoms with van der Waals surface area (Å²) >= 11 is 1.44. The summed E-state index contributed by atoms with van der Waals surface area (Å²) in [5, 5.41) is 8.18. The predicted octanol–water partition coefficient (Wildman–Crippen LogP) is 3.57. The van der Waals surface area contributed by atoms with Gasteiger partial charge in [0.1, 0.15) is 17.7 Å². The molecule has 1 aliphatic rings. The smallest absolute Gasteiger partial charge is 0.361 e. The molecule has 8 nitrogen and oxygen atoms in total. The number of nitrogens with zero attached hydrogens (tertiary/aromatic N) is 4. The number of benzene rings is 1. The van der Waals surface area contributed by atoms with Crippen molar-refractivity contribution in [1.29, 1.82) is 0 Å². The van der Waals surface area contributed by atoms with Crippen LogP contribution >= 0.6 is 11.8 Å². The maximum absolute atomic E-state index is 13.5. The number of aromatic nitrogens is 4. The van der Waals surface area contributed by atoms with Gasteiger partial charge in [0.05, 0.1) is 12.3 Å². The molecule has 1 aliphatic carbocycles. The van der Waals surface area contributed by atoms with E-state index in [-0.39, 0.29) is 29.6 Å². The van der Waals surface area contributed by atoms with E-state index in [1.807, 2.05) is 19.2 Å². The number of carbonyl (C=O) groups excluding carboxylic acids is 2. The SMILES string of the molecule is CCOC(=O)c1noc(C2CC2)c1C(=O)c1ccc(-n2cnc(C)n2)cc1SC. The van der Waals surface area contributed by atoms with Crippen molar-refractivity contribution in [3.8, 4) is 5.69 Å². The lowest BCUT2D eigenvalue weighted by molar-refractivity contribution is 0.0512. The van der Waals surface area contributed by atoms with E-state index < -0.39 is 5.97 Å². The molecule has 0 radical (unpaired) electrons. The van der Waals surface area contributed by atoms with Crippen molar-refractivity contribution >= 4 is 23.5 Å². The number of thioether (sulfide) groups is 1. The van der Waals surface area contributed by atoms with Crippen LogP contribution < -0.4 is 0 Å². The van der Waals surface area contributed by atoms with Gasteiger partial charge in [0, 0.05) is 16.4 Å². The molecule has 1 fully saturated rings. The van der Waals surface area contributed by atoms with Gasteiger partial charge >= 0.3 is 5.97 Å². The molecule has 0 unspecified atom stereocenters. The summed E-state index contributed by atoms with van der Waals surface area (Å²) in [6.07, 6.45) is 5.35. The Kier molecular flexibility index (Phi) is 5.23. The Morgan fingerprint density at radius 3 is 2.76 bits per heavy atom. The van der Waals surface area contributed by atoms with Crippen LogP contribution in [0.2, 0.25) is 0 Å². The molecule has 150 valence electrons. The van der Waals surface area contributed by atoms with Gasteiger partial charge in [-0.25, -0.2) is 14.5 Å². The third-order valence-corrected chi connectivity index (χ3v) is 5.44. The molecule has 1 saturated carbocycles. The predicted molar refractivity (Wildman–Crippen MR) is 106 cm³/mol. The minimum atomic E-state index is -0.646. The van der Waals surface area contributed by atoms with Crippen molar-refractivity contribution < 1.29 is 18.8 Å². The Bertz CT molecular complexity index is 1080. The number of carbonyl (C=O) groups is 2. The normalized spacial score (nSPS) is 13.5. The number of rotatable bonds is 7. The van der Waals surface area contributed by atoms with Crippen LogP contribution in [-0.4, -0.2) is 44.5 Å². The molecule has 1 aromatic carbocycles. The molecule has 0 bridgehead atoms. The van der Waals surface area contributed by atoms with E-state index in [1.165, 1.54) is 11.8 Å². The van der Waals surface area contributed by atoms with Crippen molar-refractivity contribution in [2.45, 2.75) is 37.5 Å². The number of esters is 1. The third kappa shape index (κ3) is 3.69. The van der Waals surface area contributed by atoms with Gasteiger partial charge in [-0.05, 0) is 51.1 Å². The second-order valence-corrected chi connectivity index (χ2v) is 7.56. The van der Waals surface area contributed by atoms with Crippen LogP contribution in [0.5, 0.6) is 0 Å². The molecule has 3 aromatic rings. The van der Waals surface area contributed by atoms with Crippen LogP contribution in [-0.2, 0) is 4.74 Å². The average molecular weight is 412 g/mol. The van der Waals surface area contributed by atoms with Gasteiger partial charge in [0.25, 0.3) is 0 Å². The number of ether oxygens (including phenoxy) is 1. The first-order chi connectivity index (χ1) is 14.0.